The number of Topliss-reactive ketones (excluding diaryl/α,β-unsaturated/α-hetero) is 1. The molecule has 0 atom stereocenters. The van der Waals surface area contributed by atoms with Crippen molar-refractivity contribution in [2.24, 2.45) is 5.92 Å². The van der Waals surface area contributed by atoms with Crippen LogP contribution in [0.2, 0.25) is 0 Å². The van der Waals surface area contributed by atoms with Crippen molar-refractivity contribution in [2.75, 3.05) is 19.7 Å². The minimum absolute atomic E-state index is 0.110. The molecule has 0 spiro atoms. The van der Waals surface area contributed by atoms with Crippen LogP contribution >= 0.6 is 0 Å². The second kappa shape index (κ2) is 9.32. The van der Waals surface area contributed by atoms with Gasteiger partial charge in [0.1, 0.15) is 12.4 Å². The van der Waals surface area contributed by atoms with Crippen LogP contribution in [-0.4, -0.2) is 55.0 Å². The summed E-state index contributed by atoms with van der Waals surface area (Å²) in [5.74, 6) is -2.00. The van der Waals surface area contributed by atoms with Crippen molar-refractivity contribution in [2.45, 2.75) is 38.5 Å². The van der Waals surface area contributed by atoms with Gasteiger partial charge in [0, 0.05) is 18.8 Å². The number of nitrogens with zero attached hydrogens (tertiary/aromatic N) is 1. The number of sulfonamides is 1. The van der Waals surface area contributed by atoms with Crippen LogP contribution < -0.4 is 0 Å². The van der Waals surface area contributed by atoms with Gasteiger partial charge in [-0.05, 0) is 45.7 Å². The molecule has 2 N–H and O–H groups in total. The van der Waals surface area contributed by atoms with E-state index in [9.17, 15) is 23.1 Å². The lowest BCUT2D eigenvalue weighted by Crippen LogP contribution is -2.40. The average molecular weight is 423 g/mol. The molecular weight excluding hydrogens is 396 g/mol. The topological polar surface area (TPSA) is 125 Å². The summed E-state index contributed by atoms with van der Waals surface area (Å²) in [6.07, 6.45) is 0.606. The zero-order valence-corrected chi connectivity index (χ0v) is 17.6. The van der Waals surface area contributed by atoms with Crippen LogP contribution in [0.3, 0.4) is 0 Å². The first kappa shape index (κ1) is 22.8. The van der Waals surface area contributed by atoms with E-state index >= 15 is 0 Å². The fourth-order valence-electron chi connectivity index (χ4n) is 3.20. The van der Waals surface area contributed by atoms with Crippen LogP contribution in [-0.2, 0) is 24.3 Å². The molecule has 1 aromatic carbocycles. The molecule has 0 saturated carbocycles. The predicted octanol–water partition coefficient (Wildman–Crippen LogP) is 2.38. The summed E-state index contributed by atoms with van der Waals surface area (Å²) in [6, 6.07) is 6.61. The van der Waals surface area contributed by atoms with Crippen molar-refractivity contribution < 1.29 is 27.9 Å². The maximum Gasteiger partial charge on any atom is 0.309 e. The molecule has 0 amide bonds. The Bertz CT molecular complexity index is 910. The third-order valence-corrected chi connectivity index (χ3v) is 6.73. The lowest BCUT2D eigenvalue weighted by Gasteiger charge is -2.30. The van der Waals surface area contributed by atoms with E-state index in [0.29, 0.717) is 12.8 Å². The molecule has 29 heavy (non-hydrogen) atoms. The highest BCUT2D eigenvalue weighted by molar-refractivity contribution is 7.89. The number of nitrogens with one attached hydrogen (secondary N) is 1. The van der Waals surface area contributed by atoms with Crippen LogP contribution in [0.5, 0.6) is 0 Å². The van der Waals surface area contributed by atoms with Crippen LogP contribution in [0.4, 0.5) is 0 Å². The third-order valence-electron chi connectivity index (χ3n) is 4.81. The highest BCUT2D eigenvalue weighted by Crippen LogP contribution is 2.25. The summed E-state index contributed by atoms with van der Waals surface area (Å²) < 4.78 is 31.9. The predicted molar refractivity (Wildman–Crippen MR) is 107 cm³/mol. The van der Waals surface area contributed by atoms with E-state index in [0.717, 1.165) is 5.56 Å². The van der Waals surface area contributed by atoms with E-state index in [2.05, 4.69) is 0 Å². The number of aliphatic hydroxyl groups excluding tert-OH is 1. The lowest BCUT2D eigenvalue weighted by atomic mass is 9.98. The molecule has 1 saturated heterocycles. The number of piperidine rings is 1. The molecule has 0 aliphatic carbocycles. The first-order chi connectivity index (χ1) is 13.5. The van der Waals surface area contributed by atoms with E-state index in [1.807, 2.05) is 6.92 Å². The molecule has 0 radical (unpaired) electrons. The molecule has 1 fully saturated rings. The fourth-order valence-corrected chi connectivity index (χ4v) is 4.67. The molecule has 1 aliphatic heterocycles. The maximum absolute atomic E-state index is 12.7. The Morgan fingerprint density at radius 1 is 1.17 bits per heavy atom. The molecule has 0 bridgehead atoms. The Morgan fingerprint density at radius 3 is 2.21 bits per heavy atom. The second-order valence-corrected chi connectivity index (χ2v) is 9.04. The number of aliphatic hydroxyl groups is 1. The Morgan fingerprint density at radius 2 is 1.72 bits per heavy atom. The number of ether oxygens (including phenoxy) is 1. The monoisotopic (exact) mass is 422 g/mol. The Hall–Kier alpha value is -2.52. The molecule has 0 unspecified atom stereocenters. The smallest absolute Gasteiger partial charge is 0.309 e. The lowest BCUT2D eigenvalue weighted by molar-refractivity contribution is -0.149. The highest BCUT2D eigenvalue weighted by Gasteiger charge is 2.33. The van der Waals surface area contributed by atoms with Gasteiger partial charge >= 0.3 is 5.97 Å². The summed E-state index contributed by atoms with van der Waals surface area (Å²) >= 11 is 0. The van der Waals surface area contributed by atoms with Crippen LogP contribution in [0.15, 0.2) is 40.5 Å². The largest absolute Gasteiger partial charge is 0.508 e. The van der Waals surface area contributed by atoms with Gasteiger partial charge in [0.25, 0.3) is 0 Å². The van der Waals surface area contributed by atoms with Gasteiger partial charge in [-0.2, -0.15) is 4.31 Å². The minimum atomic E-state index is -3.61. The average Bonchev–Trinajstić information content (AvgIpc) is 2.66. The van der Waals surface area contributed by atoms with Crippen molar-refractivity contribution in [3.05, 3.63) is 41.2 Å². The van der Waals surface area contributed by atoms with Gasteiger partial charge in [0.2, 0.25) is 10.0 Å². The normalized spacial score (nSPS) is 16.8. The van der Waals surface area contributed by atoms with E-state index in [-0.39, 0.29) is 29.3 Å². The maximum atomic E-state index is 12.7. The molecule has 0 aromatic heterocycles. The summed E-state index contributed by atoms with van der Waals surface area (Å²) in [4.78, 5) is 24.0. The van der Waals surface area contributed by atoms with Gasteiger partial charge in [-0.25, -0.2) is 8.42 Å². The van der Waals surface area contributed by atoms with Crippen molar-refractivity contribution >= 4 is 27.5 Å². The summed E-state index contributed by atoms with van der Waals surface area (Å²) in [7, 11) is -3.61. The highest BCUT2D eigenvalue weighted by atomic mass is 32.2. The number of allylic oxidation sites excluding steroid dienone is 1. The van der Waals surface area contributed by atoms with Crippen LogP contribution in [0.1, 0.15) is 32.3 Å². The SMILES string of the molecule is CC(=N)/C(C(C)=O)=C(/O)COC(=O)C1CCN(S(=O)(=O)c2ccc(C)cc2)CC1. The zero-order chi connectivity index (χ0) is 21.8. The Balaban J connectivity index is 1.96. The number of hydrogen-bond donors (Lipinski definition) is 2. The van der Waals surface area contributed by atoms with E-state index < -0.39 is 40.1 Å². The van der Waals surface area contributed by atoms with Crippen molar-refractivity contribution in [3.8, 4) is 0 Å². The Kier molecular flexibility index (Phi) is 7.32. The van der Waals surface area contributed by atoms with Crippen molar-refractivity contribution in [1.29, 1.82) is 5.41 Å². The van der Waals surface area contributed by atoms with Crippen LogP contribution in [0.25, 0.3) is 0 Å². The minimum Gasteiger partial charge on any atom is -0.508 e. The number of rotatable bonds is 7. The molecule has 9 heteroatoms. The molecule has 1 heterocycles. The van der Waals surface area contributed by atoms with Gasteiger partial charge in [0.05, 0.1) is 16.4 Å². The van der Waals surface area contributed by atoms with Gasteiger partial charge in [-0.3, -0.25) is 9.59 Å². The van der Waals surface area contributed by atoms with Crippen molar-refractivity contribution in [3.63, 3.8) is 0 Å². The van der Waals surface area contributed by atoms with E-state index in [1.54, 1.807) is 24.3 Å². The van der Waals surface area contributed by atoms with Gasteiger partial charge < -0.3 is 15.3 Å². The van der Waals surface area contributed by atoms with Gasteiger partial charge in [-0.1, -0.05) is 17.7 Å². The van der Waals surface area contributed by atoms with E-state index in [1.165, 1.54) is 18.2 Å². The number of esters is 1. The summed E-state index contributed by atoms with van der Waals surface area (Å²) in [5.41, 5.74) is 0.686. The van der Waals surface area contributed by atoms with E-state index in [4.69, 9.17) is 10.1 Å². The fraction of sp³-hybridized carbons (Fsp3) is 0.450. The summed E-state index contributed by atoms with van der Waals surface area (Å²) in [5, 5.41) is 17.5. The summed E-state index contributed by atoms with van der Waals surface area (Å²) in [6.45, 7) is 4.34. The number of aryl methyl sites for hydroxylation is 1. The molecule has 1 aromatic rings. The molecular formula is C20H26N2O6S. The number of ketones is 1. The van der Waals surface area contributed by atoms with Gasteiger partial charge in [0.15, 0.2) is 5.78 Å². The van der Waals surface area contributed by atoms with Crippen molar-refractivity contribution in [1.82, 2.24) is 4.31 Å². The Labute approximate surface area is 170 Å². The standard InChI is InChI=1S/C20H26N2O6S/c1-13-4-6-17(7-5-13)29(26,27)22-10-8-16(9-11-22)20(25)28-12-18(24)19(14(2)21)15(3)23/h4-7,16,21,24H,8-12H2,1-3H3/b19-18-,21-14?. The first-order valence-electron chi connectivity index (χ1n) is 9.26. The number of hydrogen-bond acceptors (Lipinski definition) is 7. The quantitative estimate of drug-likeness (QED) is 0.301. The zero-order valence-electron chi connectivity index (χ0n) is 16.8. The van der Waals surface area contributed by atoms with Gasteiger partial charge in [-0.15, -0.1) is 0 Å². The molecule has 8 nitrogen and oxygen atoms in total. The second-order valence-electron chi connectivity index (χ2n) is 7.10. The van der Waals surface area contributed by atoms with Crippen LogP contribution in [0, 0.1) is 18.3 Å². The number of carbonyl (C=O) groups excluding carboxylic acids is 2. The number of carbonyl (C=O) groups is 2. The molecule has 1 aliphatic rings. The molecule has 158 valence electrons. The first-order valence-corrected chi connectivity index (χ1v) is 10.7. The third kappa shape index (κ3) is 5.51. The number of benzene rings is 1. The molecule has 2 rings (SSSR count).